The van der Waals surface area contributed by atoms with Crippen LogP contribution in [0.25, 0.3) is 0 Å². The number of nitrogens with two attached hydrogens (primary N) is 1. The van der Waals surface area contributed by atoms with Crippen molar-refractivity contribution in [3.63, 3.8) is 0 Å². The van der Waals surface area contributed by atoms with E-state index in [1.807, 2.05) is 0 Å². The van der Waals surface area contributed by atoms with E-state index in [9.17, 15) is 17.2 Å². The molecule has 0 bridgehead atoms. The first-order valence-corrected chi connectivity index (χ1v) is 6.31. The van der Waals surface area contributed by atoms with Crippen molar-refractivity contribution in [2.45, 2.75) is 37.6 Å². The molecule has 2 N–H and O–H groups in total. The van der Waals surface area contributed by atoms with Crippen LogP contribution in [0.1, 0.15) is 26.2 Å². The zero-order valence-corrected chi connectivity index (χ0v) is 8.91. The largest absolute Gasteiger partial charge is 0.324 e. The van der Waals surface area contributed by atoms with E-state index < -0.39 is 27.7 Å². The van der Waals surface area contributed by atoms with Crippen molar-refractivity contribution in [2.75, 3.05) is 11.5 Å². The van der Waals surface area contributed by atoms with Crippen molar-refractivity contribution in [2.24, 2.45) is 5.73 Å². The molecule has 84 valence electrons. The lowest BCUT2D eigenvalue weighted by Gasteiger charge is -2.34. The van der Waals surface area contributed by atoms with Crippen molar-refractivity contribution in [3.8, 4) is 0 Å². The minimum atomic E-state index is -3.22. The fourth-order valence-electron chi connectivity index (χ4n) is 1.98. The van der Waals surface area contributed by atoms with Crippen LogP contribution in [0.4, 0.5) is 8.78 Å². The monoisotopic (exact) mass is 227 g/mol. The van der Waals surface area contributed by atoms with Gasteiger partial charge in [-0.25, -0.2) is 17.2 Å². The fraction of sp³-hybridized carbons (Fsp3) is 1.00. The summed E-state index contributed by atoms with van der Waals surface area (Å²) < 4.78 is 47.9. The van der Waals surface area contributed by atoms with Crippen LogP contribution in [0.3, 0.4) is 0 Å². The standard InChI is InChI=1S/C8H15F2NO2S/c1-7(9,10)5-8(11)3-2-4-14(12,13)6-8/h2-6,11H2,1H3. The van der Waals surface area contributed by atoms with E-state index in [-0.39, 0.29) is 11.5 Å². The summed E-state index contributed by atoms with van der Waals surface area (Å²) in [6.45, 7) is 0.767. The van der Waals surface area contributed by atoms with Gasteiger partial charge in [-0.3, -0.25) is 0 Å². The molecule has 1 atom stereocenters. The van der Waals surface area contributed by atoms with E-state index in [2.05, 4.69) is 0 Å². The van der Waals surface area contributed by atoms with E-state index >= 15 is 0 Å². The lowest BCUT2D eigenvalue weighted by atomic mass is 9.90. The smallest absolute Gasteiger partial charge is 0.247 e. The highest BCUT2D eigenvalue weighted by atomic mass is 32.2. The van der Waals surface area contributed by atoms with Gasteiger partial charge in [0, 0.05) is 12.0 Å². The zero-order valence-electron chi connectivity index (χ0n) is 8.09. The molecule has 6 heteroatoms. The molecular formula is C8H15F2NO2S. The SMILES string of the molecule is CC(F)(F)CC1(N)CCCS(=O)(=O)C1. The quantitative estimate of drug-likeness (QED) is 0.763. The van der Waals surface area contributed by atoms with Gasteiger partial charge in [-0.1, -0.05) is 0 Å². The van der Waals surface area contributed by atoms with E-state index in [1.54, 1.807) is 0 Å². The Kier molecular flexibility index (Phi) is 2.89. The predicted octanol–water partition coefficient (Wildman–Crippen LogP) is 0.938. The summed E-state index contributed by atoms with van der Waals surface area (Å²) in [7, 11) is -3.22. The lowest BCUT2D eigenvalue weighted by Crippen LogP contribution is -2.52. The average Bonchev–Trinajstić information content (AvgIpc) is 1.75. The summed E-state index contributed by atoms with van der Waals surface area (Å²) in [6, 6.07) is 0. The lowest BCUT2D eigenvalue weighted by molar-refractivity contribution is -0.00797. The molecule has 1 aliphatic rings. The van der Waals surface area contributed by atoms with Gasteiger partial charge in [-0.05, 0) is 19.8 Å². The van der Waals surface area contributed by atoms with Crippen LogP contribution in [-0.4, -0.2) is 31.4 Å². The Labute approximate surface area is 82.6 Å². The summed E-state index contributed by atoms with van der Waals surface area (Å²) >= 11 is 0. The van der Waals surface area contributed by atoms with Crippen LogP contribution < -0.4 is 5.73 Å². The maximum absolute atomic E-state index is 12.7. The van der Waals surface area contributed by atoms with Gasteiger partial charge in [-0.2, -0.15) is 0 Å². The van der Waals surface area contributed by atoms with Gasteiger partial charge < -0.3 is 5.73 Å². The Hall–Kier alpha value is -0.230. The highest BCUT2D eigenvalue weighted by Gasteiger charge is 2.41. The third-order valence-corrected chi connectivity index (χ3v) is 4.23. The van der Waals surface area contributed by atoms with Crippen molar-refractivity contribution in [3.05, 3.63) is 0 Å². The Balaban J connectivity index is 2.75. The molecule has 14 heavy (non-hydrogen) atoms. The molecule has 0 aromatic rings. The van der Waals surface area contributed by atoms with Crippen molar-refractivity contribution >= 4 is 9.84 Å². The summed E-state index contributed by atoms with van der Waals surface area (Å²) in [5.41, 5.74) is 4.42. The number of alkyl halides is 2. The van der Waals surface area contributed by atoms with E-state index in [4.69, 9.17) is 5.73 Å². The van der Waals surface area contributed by atoms with Gasteiger partial charge in [-0.15, -0.1) is 0 Å². The third kappa shape index (κ3) is 3.49. The molecular weight excluding hydrogens is 212 g/mol. The molecule has 0 aromatic heterocycles. The molecule has 0 saturated carbocycles. The first-order valence-electron chi connectivity index (χ1n) is 4.49. The second kappa shape index (κ2) is 3.41. The van der Waals surface area contributed by atoms with Crippen LogP contribution in [0, 0.1) is 0 Å². The normalized spacial score (nSPS) is 32.9. The number of hydrogen-bond acceptors (Lipinski definition) is 3. The van der Waals surface area contributed by atoms with Gasteiger partial charge in [0.15, 0.2) is 9.84 Å². The van der Waals surface area contributed by atoms with Crippen LogP contribution in [0.2, 0.25) is 0 Å². The number of sulfone groups is 1. The third-order valence-electron chi connectivity index (χ3n) is 2.30. The number of rotatable bonds is 2. The Bertz CT molecular complexity index is 310. The fourth-order valence-corrected chi connectivity index (χ4v) is 3.83. The highest BCUT2D eigenvalue weighted by Crippen LogP contribution is 2.31. The van der Waals surface area contributed by atoms with Crippen molar-refractivity contribution in [1.82, 2.24) is 0 Å². The minimum Gasteiger partial charge on any atom is -0.324 e. The first-order chi connectivity index (χ1) is 6.12. The van der Waals surface area contributed by atoms with E-state index in [0.29, 0.717) is 12.8 Å². The predicted molar refractivity (Wildman–Crippen MR) is 50.0 cm³/mol. The Morgan fingerprint density at radius 2 is 2.07 bits per heavy atom. The molecule has 1 unspecified atom stereocenters. The van der Waals surface area contributed by atoms with Crippen LogP contribution in [0.5, 0.6) is 0 Å². The van der Waals surface area contributed by atoms with Crippen LogP contribution in [0.15, 0.2) is 0 Å². The molecule has 0 spiro atoms. The maximum Gasteiger partial charge on any atom is 0.247 e. The summed E-state index contributed by atoms with van der Waals surface area (Å²) in [5.74, 6) is -3.15. The number of halogens is 2. The molecule has 0 aromatic carbocycles. The van der Waals surface area contributed by atoms with Gasteiger partial charge >= 0.3 is 0 Å². The maximum atomic E-state index is 12.7. The van der Waals surface area contributed by atoms with Gasteiger partial charge in [0.1, 0.15) is 0 Å². The first kappa shape index (κ1) is 11.8. The summed E-state index contributed by atoms with van der Waals surface area (Å²) in [5, 5.41) is 0. The summed E-state index contributed by atoms with van der Waals surface area (Å²) in [4.78, 5) is 0. The zero-order chi connectivity index (χ0) is 11.0. The van der Waals surface area contributed by atoms with Crippen LogP contribution >= 0.6 is 0 Å². The molecule has 0 radical (unpaired) electrons. The second-order valence-electron chi connectivity index (χ2n) is 4.30. The van der Waals surface area contributed by atoms with Crippen molar-refractivity contribution in [1.29, 1.82) is 0 Å². The van der Waals surface area contributed by atoms with Crippen molar-refractivity contribution < 1.29 is 17.2 Å². The van der Waals surface area contributed by atoms with Crippen LogP contribution in [-0.2, 0) is 9.84 Å². The molecule has 1 aliphatic heterocycles. The van der Waals surface area contributed by atoms with E-state index in [0.717, 1.165) is 6.92 Å². The minimum absolute atomic E-state index is 0.0707. The number of hydrogen-bond donors (Lipinski definition) is 1. The Morgan fingerprint density at radius 3 is 2.50 bits per heavy atom. The molecule has 1 rings (SSSR count). The summed E-state index contributed by atoms with van der Waals surface area (Å²) in [6.07, 6.45) is 0.184. The van der Waals surface area contributed by atoms with E-state index in [1.165, 1.54) is 0 Å². The molecule has 0 aliphatic carbocycles. The molecule has 1 heterocycles. The van der Waals surface area contributed by atoms with Gasteiger partial charge in [0.2, 0.25) is 5.92 Å². The molecule has 1 saturated heterocycles. The molecule has 0 amide bonds. The highest BCUT2D eigenvalue weighted by molar-refractivity contribution is 7.91. The molecule has 1 fully saturated rings. The van der Waals surface area contributed by atoms with Gasteiger partial charge in [0.05, 0.1) is 11.5 Å². The Morgan fingerprint density at radius 1 is 1.50 bits per heavy atom. The molecule has 3 nitrogen and oxygen atoms in total. The second-order valence-corrected chi connectivity index (χ2v) is 6.49. The van der Waals surface area contributed by atoms with Gasteiger partial charge in [0.25, 0.3) is 0 Å². The topological polar surface area (TPSA) is 60.2 Å². The average molecular weight is 227 g/mol.